The predicted octanol–water partition coefficient (Wildman–Crippen LogP) is 3.01. The minimum absolute atomic E-state index is 0.00680. The van der Waals surface area contributed by atoms with Crippen molar-refractivity contribution in [3.05, 3.63) is 65.7 Å². The molecule has 0 radical (unpaired) electrons. The molecule has 0 amide bonds. The van der Waals surface area contributed by atoms with Gasteiger partial charge in [0, 0.05) is 0 Å². The van der Waals surface area contributed by atoms with E-state index in [0.717, 1.165) is 11.3 Å². The van der Waals surface area contributed by atoms with Crippen LogP contribution in [-0.4, -0.2) is 27.8 Å². The molecule has 0 fully saturated rings. The van der Waals surface area contributed by atoms with E-state index in [-0.39, 0.29) is 20.7 Å². The summed E-state index contributed by atoms with van der Waals surface area (Å²) in [5.41, 5.74) is 1.71. The summed E-state index contributed by atoms with van der Waals surface area (Å²) in [6.07, 6.45) is 0. The van der Waals surface area contributed by atoms with Gasteiger partial charge in [0.2, 0.25) is 0 Å². The Labute approximate surface area is 125 Å². The maximum absolute atomic E-state index is 12.0. The van der Waals surface area contributed by atoms with Crippen LogP contribution in [0.4, 0.5) is 0 Å². The second-order valence-corrected chi connectivity index (χ2v) is 5.67. The summed E-state index contributed by atoms with van der Waals surface area (Å²) in [6, 6.07) is 17.0. The van der Waals surface area contributed by atoms with Crippen LogP contribution in [-0.2, 0) is 0 Å². The normalized spacial score (nSPS) is 9.45. The van der Waals surface area contributed by atoms with Crippen molar-refractivity contribution in [1.29, 1.82) is 0 Å². The first-order valence-corrected chi connectivity index (χ1v) is 8.21. The second-order valence-electron chi connectivity index (χ2n) is 4.03. The van der Waals surface area contributed by atoms with Crippen LogP contribution in [0, 0.1) is 10.7 Å². The van der Waals surface area contributed by atoms with Crippen LogP contribution in [0.2, 0.25) is 5.32 Å². The van der Waals surface area contributed by atoms with Crippen molar-refractivity contribution < 1.29 is 9.53 Å². The maximum atomic E-state index is 12.0. The van der Waals surface area contributed by atoms with Crippen molar-refractivity contribution in [2.24, 2.45) is 0 Å². The van der Waals surface area contributed by atoms with Gasteiger partial charge >= 0.3 is 125 Å². The van der Waals surface area contributed by atoms with Crippen molar-refractivity contribution in [3.8, 4) is 16.5 Å². The fourth-order valence-corrected chi connectivity index (χ4v) is 2.75. The number of rotatable bonds is 4. The van der Waals surface area contributed by atoms with Crippen LogP contribution in [0.5, 0.6) is 5.75 Å². The molecule has 100 valence electrons. The zero-order chi connectivity index (χ0) is 14.2. The van der Waals surface area contributed by atoms with Crippen molar-refractivity contribution >= 4 is 20.7 Å². The number of hydrogen-bond donors (Lipinski definition) is 0. The van der Waals surface area contributed by atoms with Gasteiger partial charge in [0.25, 0.3) is 0 Å². The molecule has 20 heavy (non-hydrogen) atoms. The van der Waals surface area contributed by atoms with Crippen LogP contribution >= 0.6 is 0 Å². The Hall–Kier alpha value is -2.01. The molecule has 0 N–H and O–H groups in total. The number of carbonyl (C=O) groups excluding carboxylic acids is 1. The first kappa shape index (κ1) is 14.4. The molecule has 0 bridgehead atoms. The SMILES string of the molecule is COc1ccc(C(=O)C[Se]C#Cc2ccccc2)cc1. The van der Waals surface area contributed by atoms with Crippen molar-refractivity contribution in [2.75, 3.05) is 7.11 Å². The molecule has 2 rings (SSSR count). The predicted molar refractivity (Wildman–Crippen MR) is 81.2 cm³/mol. The van der Waals surface area contributed by atoms with Crippen molar-refractivity contribution in [2.45, 2.75) is 5.32 Å². The molecule has 0 aliphatic heterocycles. The van der Waals surface area contributed by atoms with E-state index in [1.165, 1.54) is 0 Å². The molecule has 0 aliphatic carbocycles. The zero-order valence-electron chi connectivity index (χ0n) is 11.1. The van der Waals surface area contributed by atoms with Gasteiger partial charge in [-0.15, -0.1) is 0 Å². The Kier molecular flexibility index (Phi) is 5.43. The number of ketones is 1. The molecule has 2 aromatic rings. The Bertz CT molecular complexity index is 622. The fourth-order valence-electron chi connectivity index (χ4n) is 1.58. The molecule has 0 unspecified atom stereocenters. The number of hydrogen-bond acceptors (Lipinski definition) is 2. The Morgan fingerprint density at radius 2 is 1.80 bits per heavy atom. The van der Waals surface area contributed by atoms with Gasteiger partial charge in [-0.2, -0.15) is 0 Å². The summed E-state index contributed by atoms with van der Waals surface area (Å²) in [5, 5.41) is 0.499. The number of carbonyl (C=O) groups is 1. The number of benzene rings is 2. The molecule has 0 saturated carbocycles. The molecule has 2 aromatic carbocycles. The van der Waals surface area contributed by atoms with Crippen molar-refractivity contribution in [3.63, 3.8) is 0 Å². The summed E-state index contributed by atoms with van der Waals surface area (Å²) < 4.78 is 5.07. The summed E-state index contributed by atoms with van der Waals surface area (Å²) in [7, 11) is 1.61. The Morgan fingerprint density at radius 3 is 2.45 bits per heavy atom. The average Bonchev–Trinajstić information content (AvgIpc) is 2.52. The summed E-state index contributed by atoms with van der Waals surface area (Å²) >= 11 is 0.00680. The molecule has 0 aromatic heterocycles. The third-order valence-electron chi connectivity index (χ3n) is 2.66. The average molecular weight is 329 g/mol. The van der Waals surface area contributed by atoms with Gasteiger partial charge in [-0.25, -0.2) is 0 Å². The molecule has 0 aliphatic rings. The van der Waals surface area contributed by atoms with Crippen LogP contribution < -0.4 is 4.74 Å². The Morgan fingerprint density at radius 1 is 1.10 bits per heavy atom. The fraction of sp³-hybridized carbons (Fsp3) is 0.118. The Balaban J connectivity index is 1.87. The van der Waals surface area contributed by atoms with Gasteiger partial charge in [0.1, 0.15) is 0 Å². The quantitative estimate of drug-likeness (QED) is 0.490. The van der Waals surface area contributed by atoms with Crippen LogP contribution in [0.15, 0.2) is 54.6 Å². The monoisotopic (exact) mass is 330 g/mol. The molecule has 3 heteroatoms. The molecule has 2 nitrogen and oxygen atoms in total. The van der Waals surface area contributed by atoms with E-state index in [2.05, 4.69) is 10.7 Å². The summed E-state index contributed by atoms with van der Waals surface area (Å²) in [5.74, 6) is 3.97. The molecular weight excluding hydrogens is 315 g/mol. The van der Waals surface area contributed by atoms with E-state index in [1.54, 1.807) is 31.4 Å². The zero-order valence-corrected chi connectivity index (χ0v) is 12.8. The molecular formula is C17H14O2Se. The van der Waals surface area contributed by atoms with E-state index in [1.807, 2.05) is 30.3 Å². The molecule has 0 atom stereocenters. The van der Waals surface area contributed by atoms with E-state index in [4.69, 9.17) is 4.74 Å². The van der Waals surface area contributed by atoms with Gasteiger partial charge < -0.3 is 0 Å². The van der Waals surface area contributed by atoms with E-state index in [0.29, 0.717) is 10.9 Å². The first-order valence-electron chi connectivity index (χ1n) is 6.14. The molecule has 0 saturated heterocycles. The van der Waals surface area contributed by atoms with Gasteiger partial charge in [0.05, 0.1) is 0 Å². The minimum atomic E-state index is 0.00680. The third kappa shape index (κ3) is 4.27. The van der Waals surface area contributed by atoms with Gasteiger partial charge in [-0.1, -0.05) is 0 Å². The molecule has 0 spiro atoms. The standard InChI is InChI=1S/C17H14O2Se/c1-19-16-9-7-15(8-10-16)17(18)13-20-12-11-14-5-3-2-4-6-14/h2-10H,13H2,1H3. The third-order valence-corrected chi connectivity index (χ3v) is 4.03. The first-order chi connectivity index (χ1) is 9.79. The van der Waals surface area contributed by atoms with E-state index < -0.39 is 0 Å². The van der Waals surface area contributed by atoms with E-state index >= 15 is 0 Å². The van der Waals surface area contributed by atoms with Crippen molar-refractivity contribution in [1.82, 2.24) is 0 Å². The van der Waals surface area contributed by atoms with Crippen LogP contribution in [0.3, 0.4) is 0 Å². The van der Waals surface area contributed by atoms with Gasteiger partial charge in [-0.05, 0) is 0 Å². The summed E-state index contributed by atoms with van der Waals surface area (Å²) in [6.45, 7) is 0. The number of methoxy groups -OCH3 is 1. The number of ether oxygens (including phenoxy) is 1. The van der Waals surface area contributed by atoms with E-state index in [9.17, 15) is 4.79 Å². The van der Waals surface area contributed by atoms with Crippen LogP contribution in [0.1, 0.15) is 15.9 Å². The molecule has 0 heterocycles. The second kappa shape index (κ2) is 7.55. The van der Waals surface area contributed by atoms with Gasteiger partial charge in [0.15, 0.2) is 0 Å². The van der Waals surface area contributed by atoms with Crippen LogP contribution in [0.25, 0.3) is 0 Å². The number of Topliss-reactive ketones (excluding diaryl/α,β-unsaturated/α-hetero) is 1. The summed E-state index contributed by atoms with van der Waals surface area (Å²) in [4.78, 5) is 15.1. The topological polar surface area (TPSA) is 26.3 Å². The van der Waals surface area contributed by atoms with Gasteiger partial charge in [-0.3, -0.25) is 0 Å².